The third-order valence-electron chi connectivity index (χ3n) is 5.20. The minimum Gasteiger partial charge on any atom is -0.466 e. The van der Waals surface area contributed by atoms with Crippen LogP contribution in [0.1, 0.15) is 44.9 Å². The van der Waals surface area contributed by atoms with Crippen molar-refractivity contribution in [3.8, 4) is 0 Å². The summed E-state index contributed by atoms with van der Waals surface area (Å²) in [7, 11) is 0. The van der Waals surface area contributed by atoms with Gasteiger partial charge in [0.1, 0.15) is 12.1 Å². The van der Waals surface area contributed by atoms with Crippen LogP contribution in [-0.4, -0.2) is 69.1 Å². The van der Waals surface area contributed by atoms with Crippen molar-refractivity contribution in [2.24, 2.45) is 5.92 Å². The Kier molecular flexibility index (Phi) is 6.66. The molecule has 1 fully saturated rings. The van der Waals surface area contributed by atoms with Crippen molar-refractivity contribution < 1.29 is 14.3 Å². The lowest BCUT2D eigenvalue weighted by atomic mass is 10.1. The molecule has 0 bridgehead atoms. The van der Waals surface area contributed by atoms with E-state index < -0.39 is 0 Å². The van der Waals surface area contributed by atoms with Crippen molar-refractivity contribution in [3.63, 3.8) is 0 Å². The molecule has 29 heavy (non-hydrogen) atoms. The maximum Gasteiger partial charge on any atom is 0.310 e. The van der Waals surface area contributed by atoms with E-state index in [1.807, 2.05) is 11.8 Å². The van der Waals surface area contributed by atoms with Crippen molar-refractivity contribution in [1.82, 2.24) is 24.5 Å². The van der Waals surface area contributed by atoms with Crippen LogP contribution in [0.15, 0.2) is 6.33 Å². The number of aromatic nitrogens is 4. The van der Waals surface area contributed by atoms with Gasteiger partial charge in [0.05, 0.1) is 13.0 Å². The summed E-state index contributed by atoms with van der Waals surface area (Å²) in [5.41, 5.74) is 1.53. The van der Waals surface area contributed by atoms with E-state index in [4.69, 9.17) is 4.74 Å². The van der Waals surface area contributed by atoms with E-state index in [9.17, 15) is 9.59 Å². The fourth-order valence-electron chi connectivity index (χ4n) is 3.59. The largest absolute Gasteiger partial charge is 0.466 e. The van der Waals surface area contributed by atoms with Gasteiger partial charge >= 0.3 is 5.97 Å². The molecule has 0 saturated carbocycles. The third kappa shape index (κ3) is 4.83. The zero-order chi connectivity index (χ0) is 21.0. The van der Waals surface area contributed by atoms with E-state index in [1.165, 1.54) is 6.33 Å². The molecule has 2 aromatic heterocycles. The maximum absolute atomic E-state index is 12.5. The van der Waals surface area contributed by atoms with Gasteiger partial charge in [0.15, 0.2) is 0 Å². The second kappa shape index (κ2) is 9.19. The lowest BCUT2D eigenvalue weighted by Crippen LogP contribution is -2.49. The standard InChI is InChI=1S/C20H30N6O3/c1-5-29-18(28)12-16-15(4)23-20-21-13-22-26(20)19(16)25-10-8-24(9-11-25)17(27)7-6-14(2)3/h13-14H,5-12H2,1-4H3. The highest BCUT2D eigenvalue weighted by atomic mass is 16.5. The summed E-state index contributed by atoms with van der Waals surface area (Å²) in [6.45, 7) is 10.9. The van der Waals surface area contributed by atoms with Crippen LogP contribution in [0.4, 0.5) is 5.82 Å². The highest BCUT2D eigenvalue weighted by Crippen LogP contribution is 2.25. The molecule has 1 saturated heterocycles. The first-order valence-electron chi connectivity index (χ1n) is 10.3. The summed E-state index contributed by atoms with van der Waals surface area (Å²) in [6, 6.07) is 0. The number of rotatable bonds is 7. The van der Waals surface area contributed by atoms with E-state index in [-0.39, 0.29) is 18.3 Å². The maximum atomic E-state index is 12.5. The third-order valence-corrected chi connectivity index (χ3v) is 5.20. The molecule has 0 aliphatic carbocycles. The molecule has 3 rings (SSSR count). The van der Waals surface area contributed by atoms with Crippen molar-refractivity contribution in [2.45, 2.75) is 47.0 Å². The lowest BCUT2D eigenvalue weighted by Gasteiger charge is -2.37. The Labute approximate surface area is 171 Å². The van der Waals surface area contributed by atoms with Gasteiger partial charge in [0.25, 0.3) is 5.78 Å². The van der Waals surface area contributed by atoms with Crippen LogP contribution in [-0.2, 0) is 20.7 Å². The number of carbonyl (C=O) groups is 2. The van der Waals surface area contributed by atoms with Gasteiger partial charge in [0, 0.05) is 43.9 Å². The van der Waals surface area contributed by atoms with E-state index in [2.05, 4.69) is 33.8 Å². The number of carbonyl (C=O) groups excluding carboxylic acids is 2. The molecule has 158 valence electrons. The number of piperazine rings is 1. The van der Waals surface area contributed by atoms with Gasteiger partial charge in [-0.25, -0.2) is 4.98 Å². The number of ether oxygens (including phenoxy) is 1. The van der Waals surface area contributed by atoms with E-state index in [0.29, 0.717) is 50.9 Å². The molecule has 0 unspecified atom stereocenters. The minimum absolute atomic E-state index is 0.130. The van der Waals surface area contributed by atoms with Crippen LogP contribution in [0.25, 0.3) is 5.78 Å². The van der Waals surface area contributed by atoms with Gasteiger partial charge < -0.3 is 14.5 Å². The van der Waals surface area contributed by atoms with Gasteiger partial charge in [-0.3, -0.25) is 9.59 Å². The Balaban J connectivity index is 1.81. The predicted octanol–water partition coefficient (Wildman–Crippen LogP) is 1.62. The molecule has 0 aromatic carbocycles. The number of anilines is 1. The number of hydrogen-bond donors (Lipinski definition) is 0. The summed E-state index contributed by atoms with van der Waals surface area (Å²) in [4.78, 5) is 37.4. The molecule has 1 aliphatic rings. The summed E-state index contributed by atoms with van der Waals surface area (Å²) in [5.74, 6) is 1.75. The highest BCUT2D eigenvalue weighted by molar-refractivity contribution is 5.77. The molecule has 0 radical (unpaired) electrons. The van der Waals surface area contributed by atoms with Gasteiger partial charge in [-0.2, -0.15) is 14.6 Å². The number of aryl methyl sites for hydroxylation is 1. The second-order valence-corrected chi connectivity index (χ2v) is 7.75. The molecule has 9 heteroatoms. The Hall–Kier alpha value is -2.71. The predicted molar refractivity (Wildman–Crippen MR) is 109 cm³/mol. The number of amides is 1. The quantitative estimate of drug-likeness (QED) is 0.650. The van der Waals surface area contributed by atoms with Crippen LogP contribution >= 0.6 is 0 Å². The van der Waals surface area contributed by atoms with E-state index in [0.717, 1.165) is 23.5 Å². The summed E-state index contributed by atoms with van der Waals surface area (Å²) < 4.78 is 6.83. The van der Waals surface area contributed by atoms with Crippen molar-refractivity contribution >= 4 is 23.5 Å². The second-order valence-electron chi connectivity index (χ2n) is 7.75. The molecule has 2 aromatic rings. The number of fused-ring (bicyclic) bond motifs is 1. The SMILES string of the molecule is CCOC(=O)Cc1c(C)nc2ncnn2c1N1CCN(C(=O)CCC(C)C)CC1. The summed E-state index contributed by atoms with van der Waals surface area (Å²) >= 11 is 0. The molecular weight excluding hydrogens is 372 g/mol. The molecule has 0 atom stereocenters. The molecule has 0 spiro atoms. The average Bonchev–Trinajstić information content (AvgIpc) is 3.14. The van der Waals surface area contributed by atoms with E-state index in [1.54, 1.807) is 11.4 Å². The van der Waals surface area contributed by atoms with Crippen LogP contribution in [0, 0.1) is 12.8 Å². The number of esters is 1. The van der Waals surface area contributed by atoms with Gasteiger partial charge in [-0.1, -0.05) is 13.8 Å². The molecule has 0 N–H and O–H groups in total. The van der Waals surface area contributed by atoms with Crippen LogP contribution < -0.4 is 4.90 Å². The smallest absolute Gasteiger partial charge is 0.310 e. The highest BCUT2D eigenvalue weighted by Gasteiger charge is 2.27. The minimum atomic E-state index is -0.291. The van der Waals surface area contributed by atoms with Crippen molar-refractivity contribution in [3.05, 3.63) is 17.6 Å². The number of hydrogen-bond acceptors (Lipinski definition) is 7. The molecule has 1 amide bonds. The molecule has 3 heterocycles. The first-order chi connectivity index (χ1) is 13.9. The first-order valence-corrected chi connectivity index (χ1v) is 10.3. The van der Waals surface area contributed by atoms with Crippen LogP contribution in [0.5, 0.6) is 0 Å². The molecule has 1 aliphatic heterocycles. The fraction of sp³-hybridized carbons (Fsp3) is 0.650. The van der Waals surface area contributed by atoms with Crippen molar-refractivity contribution in [2.75, 3.05) is 37.7 Å². The van der Waals surface area contributed by atoms with E-state index >= 15 is 0 Å². The first kappa shape index (κ1) is 21.0. The van der Waals surface area contributed by atoms with Crippen molar-refractivity contribution in [1.29, 1.82) is 0 Å². The van der Waals surface area contributed by atoms with Gasteiger partial charge in [-0.15, -0.1) is 0 Å². The van der Waals surface area contributed by atoms with Crippen LogP contribution in [0.3, 0.4) is 0 Å². The fourth-order valence-corrected chi connectivity index (χ4v) is 3.59. The van der Waals surface area contributed by atoms with Gasteiger partial charge in [0.2, 0.25) is 5.91 Å². The number of nitrogens with zero attached hydrogens (tertiary/aromatic N) is 6. The topological polar surface area (TPSA) is 92.9 Å². The summed E-state index contributed by atoms with van der Waals surface area (Å²) in [5, 5.41) is 4.32. The average molecular weight is 402 g/mol. The molecular formula is C20H30N6O3. The normalized spacial score (nSPS) is 14.7. The Morgan fingerprint density at radius 1 is 1.21 bits per heavy atom. The monoisotopic (exact) mass is 402 g/mol. The Morgan fingerprint density at radius 2 is 1.93 bits per heavy atom. The zero-order valence-electron chi connectivity index (χ0n) is 17.7. The lowest BCUT2D eigenvalue weighted by molar-refractivity contribution is -0.142. The zero-order valence-corrected chi connectivity index (χ0v) is 17.7. The summed E-state index contributed by atoms with van der Waals surface area (Å²) in [6.07, 6.45) is 3.09. The molecule has 9 nitrogen and oxygen atoms in total. The Morgan fingerprint density at radius 3 is 2.59 bits per heavy atom. The van der Waals surface area contributed by atoms with Crippen LogP contribution in [0.2, 0.25) is 0 Å². The Bertz CT molecular complexity index is 870. The van der Waals surface area contributed by atoms with Gasteiger partial charge in [-0.05, 0) is 26.2 Å².